The lowest BCUT2D eigenvalue weighted by molar-refractivity contribution is 0.101. The molecule has 2 aromatic rings. The number of halogens is 1. The molecule has 0 radical (unpaired) electrons. The quantitative estimate of drug-likeness (QED) is 0.738. The zero-order valence-electron chi connectivity index (χ0n) is 13.5. The minimum Gasteiger partial charge on any atom is -0.507 e. The van der Waals surface area contributed by atoms with Gasteiger partial charge in [0, 0.05) is 12.1 Å². The molecule has 0 aromatic heterocycles. The van der Waals surface area contributed by atoms with Gasteiger partial charge in [-0.2, -0.15) is 0 Å². The Kier molecular flexibility index (Phi) is 4.39. The van der Waals surface area contributed by atoms with Gasteiger partial charge >= 0.3 is 0 Å². The van der Waals surface area contributed by atoms with Crippen molar-refractivity contribution >= 4 is 5.78 Å². The highest BCUT2D eigenvalue weighted by molar-refractivity contribution is 5.97. The number of ketones is 1. The van der Waals surface area contributed by atoms with Crippen molar-refractivity contribution in [3.63, 3.8) is 0 Å². The Bertz CT molecular complexity index is 790. The van der Waals surface area contributed by atoms with Crippen molar-refractivity contribution in [3.8, 4) is 5.75 Å². The number of aliphatic hydroxyl groups excluding tert-OH is 1. The van der Waals surface area contributed by atoms with Crippen LogP contribution in [0.5, 0.6) is 5.75 Å². The number of phenolic OH excluding ortho intramolecular Hbond substituents is 1. The molecule has 126 valence electrons. The highest BCUT2D eigenvalue weighted by Gasteiger charge is 2.37. The first-order valence-electron chi connectivity index (χ1n) is 7.93. The van der Waals surface area contributed by atoms with Crippen LogP contribution in [0.1, 0.15) is 40.4 Å². The average Bonchev–Trinajstić information content (AvgIpc) is 2.94. The first-order valence-corrected chi connectivity index (χ1v) is 7.93. The van der Waals surface area contributed by atoms with Crippen LogP contribution in [0.3, 0.4) is 0 Å². The fourth-order valence-electron chi connectivity index (χ4n) is 3.41. The molecule has 1 atom stereocenters. The maximum Gasteiger partial charge on any atom is 0.163 e. The second kappa shape index (κ2) is 6.34. The molecule has 0 bridgehead atoms. The molecule has 1 unspecified atom stereocenters. The highest BCUT2D eigenvalue weighted by atomic mass is 19.1. The van der Waals surface area contributed by atoms with Crippen LogP contribution in [0.2, 0.25) is 0 Å². The molecular formula is C19H20FNO3. The lowest BCUT2D eigenvalue weighted by Crippen LogP contribution is -2.43. The molecule has 5 heteroatoms. The number of carbonyl (C=O) groups is 1. The lowest BCUT2D eigenvalue weighted by atomic mass is 9.92. The molecule has 0 amide bonds. The normalized spacial score (nSPS) is 19.3. The summed E-state index contributed by atoms with van der Waals surface area (Å²) < 4.78 is 13.7. The third kappa shape index (κ3) is 2.81. The van der Waals surface area contributed by atoms with E-state index in [9.17, 15) is 19.4 Å². The molecule has 3 N–H and O–H groups in total. The van der Waals surface area contributed by atoms with Crippen LogP contribution >= 0.6 is 0 Å². The molecule has 2 aromatic carbocycles. The van der Waals surface area contributed by atoms with E-state index in [-0.39, 0.29) is 24.5 Å². The first-order chi connectivity index (χ1) is 11.5. The zero-order chi connectivity index (χ0) is 17.3. The molecule has 0 fully saturated rings. The van der Waals surface area contributed by atoms with Crippen molar-refractivity contribution in [1.29, 1.82) is 0 Å². The maximum absolute atomic E-state index is 13.7. The summed E-state index contributed by atoms with van der Waals surface area (Å²) in [4.78, 5) is 11.5. The number of Topliss-reactive ketones (excluding diaryl/α,β-unsaturated/α-hetero) is 1. The van der Waals surface area contributed by atoms with E-state index in [1.807, 2.05) is 24.3 Å². The Balaban J connectivity index is 1.90. The third-order valence-corrected chi connectivity index (χ3v) is 4.77. The predicted octanol–water partition coefficient (Wildman–Crippen LogP) is 2.66. The number of nitrogens with one attached hydrogen (secondary N) is 1. The fourth-order valence-corrected chi connectivity index (χ4v) is 3.41. The molecule has 1 aliphatic carbocycles. The monoisotopic (exact) mass is 329 g/mol. The van der Waals surface area contributed by atoms with Gasteiger partial charge < -0.3 is 15.5 Å². The molecule has 0 spiro atoms. The third-order valence-electron chi connectivity index (χ3n) is 4.77. The van der Waals surface area contributed by atoms with Gasteiger partial charge in [0.1, 0.15) is 11.6 Å². The van der Waals surface area contributed by atoms with E-state index < -0.39 is 17.1 Å². The molecule has 24 heavy (non-hydrogen) atoms. The van der Waals surface area contributed by atoms with Gasteiger partial charge in [-0.3, -0.25) is 4.79 Å². The molecule has 0 aliphatic heterocycles. The van der Waals surface area contributed by atoms with Crippen molar-refractivity contribution in [2.45, 2.75) is 31.8 Å². The summed E-state index contributed by atoms with van der Waals surface area (Å²) in [6, 6.07) is 10.1. The van der Waals surface area contributed by atoms with Crippen LogP contribution in [0.25, 0.3) is 0 Å². The SMILES string of the molecule is CC(=O)c1cc(F)cc(CNC2(CO)CCc3ccccc32)c1O. The highest BCUT2D eigenvalue weighted by Crippen LogP contribution is 2.37. The number of aryl methyl sites for hydroxylation is 1. The fraction of sp³-hybridized carbons (Fsp3) is 0.316. The van der Waals surface area contributed by atoms with Gasteiger partial charge in [-0.05, 0) is 43.0 Å². The minimum atomic E-state index is -0.619. The van der Waals surface area contributed by atoms with Gasteiger partial charge in [-0.25, -0.2) is 4.39 Å². The van der Waals surface area contributed by atoms with Crippen LogP contribution < -0.4 is 5.32 Å². The molecule has 0 heterocycles. The summed E-state index contributed by atoms with van der Waals surface area (Å²) >= 11 is 0. The van der Waals surface area contributed by atoms with E-state index in [4.69, 9.17) is 0 Å². The minimum absolute atomic E-state index is 0.0309. The Labute approximate surface area is 140 Å². The molecular weight excluding hydrogens is 309 g/mol. The summed E-state index contributed by atoms with van der Waals surface area (Å²) in [6.07, 6.45) is 1.57. The molecule has 1 aliphatic rings. The Hall–Kier alpha value is -2.24. The van der Waals surface area contributed by atoms with Crippen molar-refractivity contribution in [2.75, 3.05) is 6.61 Å². The number of phenols is 1. The smallest absolute Gasteiger partial charge is 0.163 e. The van der Waals surface area contributed by atoms with Gasteiger partial charge in [-0.15, -0.1) is 0 Å². The van der Waals surface area contributed by atoms with Crippen molar-refractivity contribution in [3.05, 3.63) is 64.5 Å². The van der Waals surface area contributed by atoms with E-state index in [0.717, 1.165) is 24.5 Å². The predicted molar refractivity (Wildman–Crippen MR) is 88.4 cm³/mol. The number of hydrogen-bond donors (Lipinski definition) is 3. The average molecular weight is 329 g/mol. The topological polar surface area (TPSA) is 69.6 Å². The summed E-state index contributed by atoms with van der Waals surface area (Å²) in [5, 5.41) is 23.4. The standard InChI is InChI=1S/C19H20FNO3/c1-12(23)16-9-15(20)8-14(18(16)24)10-21-19(11-22)7-6-13-4-2-3-5-17(13)19/h2-5,8-9,21-22,24H,6-7,10-11H2,1H3. The number of aliphatic hydroxyl groups is 1. The number of aromatic hydroxyl groups is 1. The van der Waals surface area contributed by atoms with Crippen molar-refractivity contribution in [2.24, 2.45) is 0 Å². The van der Waals surface area contributed by atoms with Crippen molar-refractivity contribution in [1.82, 2.24) is 5.32 Å². The molecule has 4 nitrogen and oxygen atoms in total. The van der Waals surface area contributed by atoms with Crippen LogP contribution in [-0.2, 0) is 18.5 Å². The van der Waals surface area contributed by atoms with Crippen LogP contribution in [0, 0.1) is 5.82 Å². The van der Waals surface area contributed by atoms with E-state index in [0.29, 0.717) is 5.56 Å². The largest absolute Gasteiger partial charge is 0.507 e. The lowest BCUT2D eigenvalue weighted by Gasteiger charge is -2.30. The molecule has 3 rings (SSSR count). The second-order valence-electron chi connectivity index (χ2n) is 6.27. The number of rotatable bonds is 5. The summed E-state index contributed by atoms with van der Waals surface area (Å²) in [5.41, 5.74) is 1.85. The molecule has 0 saturated heterocycles. The Morgan fingerprint density at radius 2 is 2.08 bits per heavy atom. The number of fused-ring (bicyclic) bond motifs is 1. The van der Waals surface area contributed by atoms with Crippen LogP contribution in [0.15, 0.2) is 36.4 Å². The van der Waals surface area contributed by atoms with Gasteiger partial charge in [-0.1, -0.05) is 24.3 Å². The number of hydrogen-bond acceptors (Lipinski definition) is 4. The maximum atomic E-state index is 13.7. The Morgan fingerprint density at radius 3 is 2.79 bits per heavy atom. The van der Waals surface area contributed by atoms with Gasteiger partial charge in [0.25, 0.3) is 0 Å². The van der Waals surface area contributed by atoms with Crippen LogP contribution in [0.4, 0.5) is 4.39 Å². The summed E-state index contributed by atoms with van der Waals surface area (Å²) in [6.45, 7) is 1.34. The summed E-state index contributed by atoms with van der Waals surface area (Å²) in [5.74, 6) is -1.17. The second-order valence-corrected chi connectivity index (χ2v) is 6.27. The van der Waals surface area contributed by atoms with E-state index in [1.54, 1.807) is 0 Å². The Morgan fingerprint density at radius 1 is 1.33 bits per heavy atom. The van der Waals surface area contributed by atoms with Crippen LogP contribution in [-0.4, -0.2) is 22.6 Å². The van der Waals surface area contributed by atoms with Gasteiger partial charge in [0.2, 0.25) is 0 Å². The van der Waals surface area contributed by atoms with Gasteiger partial charge in [0.15, 0.2) is 5.78 Å². The summed E-state index contributed by atoms with van der Waals surface area (Å²) in [7, 11) is 0. The number of carbonyl (C=O) groups excluding carboxylic acids is 1. The van der Waals surface area contributed by atoms with E-state index in [1.165, 1.54) is 18.6 Å². The van der Waals surface area contributed by atoms with E-state index >= 15 is 0 Å². The van der Waals surface area contributed by atoms with E-state index in [2.05, 4.69) is 5.32 Å². The van der Waals surface area contributed by atoms with Crippen molar-refractivity contribution < 1.29 is 19.4 Å². The first kappa shape index (κ1) is 16.6. The molecule has 0 saturated carbocycles. The zero-order valence-corrected chi connectivity index (χ0v) is 13.5. The van der Waals surface area contributed by atoms with Gasteiger partial charge in [0.05, 0.1) is 17.7 Å². The number of benzene rings is 2.